The van der Waals surface area contributed by atoms with Crippen LogP contribution >= 0.6 is 0 Å². The van der Waals surface area contributed by atoms with Crippen molar-refractivity contribution < 1.29 is 0 Å². The third kappa shape index (κ3) is 2.80. The third-order valence-corrected chi connectivity index (χ3v) is 4.88. The Morgan fingerprint density at radius 3 is 2.68 bits per heavy atom. The molecule has 3 heterocycles. The van der Waals surface area contributed by atoms with E-state index in [1.54, 1.807) is 0 Å². The molecule has 1 fully saturated rings. The van der Waals surface area contributed by atoms with Crippen molar-refractivity contribution in [2.24, 2.45) is 13.0 Å². The molecule has 3 rings (SSSR count). The van der Waals surface area contributed by atoms with Crippen molar-refractivity contribution in [1.82, 2.24) is 19.4 Å². The molecule has 0 bridgehead atoms. The zero-order chi connectivity index (χ0) is 15.7. The van der Waals surface area contributed by atoms with Gasteiger partial charge in [0.05, 0.1) is 11.7 Å². The summed E-state index contributed by atoms with van der Waals surface area (Å²) in [5, 5.41) is 0. The zero-order valence-electron chi connectivity index (χ0n) is 14.1. The molecule has 0 atom stereocenters. The molecule has 1 saturated heterocycles. The van der Waals surface area contributed by atoms with Crippen LogP contribution in [0.3, 0.4) is 0 Å². The van der Waals surface area contributed by atoms with Gasteiger partial charge in [0.1, 0.15) is 11.3 Å². The lowest BCUT2D eigenvalue weighted by Gasteiger charge is -2.28. The molecule has 1 aliphatic heterocycles. The van der Waals surface area contributed by atoms with E-state index >= 15 is 0 Å². The number of aryl methyl sites for hydroxylation is 2. The van der Waals surface area contributed by atoms with Gasteiger partial charge in [-0.15, -0.1) is 0 Å². The van der Waals surface area contributed by atoms with E-state index in [0.29, 0.717) is 0 Å². The fraction of sp³-hybridized carbons (Fsp3) is 0.556. The number of hydrogen-bond donors (Lipinski definition) is 0. The van der Waals surface area contributed by atoms with E-state index < -0.39 is 0 Å². The SMILES string of the molecule is C/C=C\c1c(C)ncc2nc(CC3CCN(C)CC3)n(C)c12. The first-order valence-electron chi connectivity index (χ1n) is 8.22. The smallest absolute Gasteiger partial charge is 0.109 e. The molecular formula is C18H26N4. The molecule has 4 nitrogen and oxygen atoms in total. The number of imidazole rings is 1. The van der Waals surface area contributed by atoms with Crippen LogP contribution < -0.4 is 0 Å². The van der Waals surface area contributed by atoms with Gasteiger partial charge in [0.15, 0.2) is 0 Å². The van der Waals surface area contributed by atoms with E-state index in [4.69, 9.17) is 4.98 Å². The predicted octanol–water partition coefficient (Wildman–Crippen LogP) is 3.19. The van der Waals surface area contributed by atoms with Gasteiger partial charge in [0.2, 0.25) is 0 Å². The number of likely N-dealkylation sites (tertiary alicyclic amines) is 1. The van der Waals surface area contributed by atoms with Gasteiger partial charge in [-0.1, -0.05) is 12.2 Å². The van der Waals surface area contributed by atoms with Crippen LogP contribution in [-0.2, 0) is 13.5 Å². The molecule has 2 aromatic heterocycles. The van der Waals surface area contributed by atoms with Crippen LogP contribution in [0.25, 0.3) is 17.1 Å². The molecule has 0 unspecified atom stereocenters. The highest BCUT2D eigenvalue weighted by molar-refractivity contribution is 5.86. The van der Waals surface area contributed by atoms with E-state index in [0.717, 1.165) is 23.5 Å². The molecule has 118 valence electrons. The zero-order valence-corrected chi connectivity index (χ0v) is 14.1. The molecule has 0 N–H and O–H groups in total. The summed E-state index contributed by atoms with van der Waals surface area (Å²) in [4.78, 5) is 11.8. The van der Waals surface area contributed by atoms with Crippen LogP contribution in [0, 0.1) is 12.8 Å². The van der Waals surface area contributed by atoms with Crippen LogP contribution in [0.5, 0.6) is 0 Å². The molecule has 0 radical (unpaired) electrons. The summed E-state index contributed by atoms with van der Waals surface area (Å²) in [6.45, 7) is 6.53. The Morgan fingerprint density at radius 1 is 1.27 bits per heavy atom. The summed E-state index contributed by atoms with van der Waals surface area (Å²) in [5.41, 5.74) is 4.50. The molecule has 1 aliphatic rings. The summed E-state index contributed by atoms with van der Waals surface area (Å²) >= 11 is 0. The van der Waals surface area contributed by atoms with Gasteiger partial charge in [-0.05, 0) is 52.7 Å². The Kier molecular flexibility index (Phi) is 4.30. The number of rotatable bonds is 3. The number of piperidine rings is 1. The van der Waals surface area contributed by atoms with Crippen LogP contribution in [0.4, 0.5) is 0 Å². The maximum absolute atomic E-state index is 4.86. The minimum absolute atomic E-state index is 0.755. The van der Waals surface area contributed by atoms with Crippen LogP contribution in [0.15, 0.2) is 12.3 Å². The summed E-state index contributed by atoms with van der Waals surface area (Å²) in [5.74, 6) is 1.95. The van der Waals surface area contributed by atoms with Gasteiger partial charge >= 0.3 is 0 Å². The highest BCUT2D eigenvalue weighted by Gasteiger charge is 2.20. The van der Waals surface area contributed by atoms with Crippen LogP contribution in [-0.4, -0.2) is 39.6 Å². The highest BCUT2D eigenvalue weighted by atomic mass is 15.1. The van der Waals surface area contributed by atoms with Gasteiger partial charge in [-0.2, -0.15) is 0 Å². The minimum atomic E-state index is 0.755. The maximum atomic E-state index is 4.86. The topological polar surface area (TPSA) is 34.0 Å². The first-order chi connectivity index (χ1) is 10.6. The Hall–Kier alpha value is -1.68. The van der Waals surface area contributed by atoms with Gasteiger partial charge in [-0.25, -0.2) is 4.98 Å². The normalized spacial score (nSPS) is 17.8. The first-order valence-corrected chi connectivity index (χ1v) is 8.22. The van der Waals surface area contributed by atoms with Crippen molar-refractivity contribution in [3.8, 4) is 0 Å². The number of hydrogen-bond acceptors (Lipinski definition) is 3. The quantitative estimate of drug-likeness (QED) is 0.872. The minimum Gasteiger partial charge on any atom is -0.331 e. The molecule has 2 aromatic rings. The lowest BCUT2D eigenvalue weighted by atomic mass is 9.93. The second-order valence-electron chi connectivity index (χ2n) is 6.53. The van der Waals surface area contributed by atoms with E-state index in [9.17, 15) is 0 Å². The molecule has 22 heavy (non-hydrogen) atoms. The molecule has 0 amide bonds. The monoisotopic (exact) mass is 298 g/mol. The Labute approximate surface area is 132 Å². The third-order valence-electron chi connectivity index (χ3n) is 4.88. The van der Waals surface area contributed by atoms with Crippen molar-refractivity contribution in [2.75, 3.05) is 20.1 Å². The second-order valence-corrected chi connectivity index (χ2v) is 6.53. The lowest BCUT2D eigenvalue weighted by Crippen LogP contribution is -2.31. The lowest BCUT2D eigenvalue weighted by molar-refractivity contribution is 0.217. The Morgan fingerprint density at radius 2 is 2.00 bits per heavy atom. The van der Waals surface area contributed by atoms with Crippen molar-refractivity contribution in [3.63, 3.8) is 0 Å². The second kappa shape index (κ2) is 6.21. The molecule has 0 saturated carbocycles. The molecule has 0 aromatic carbocycles. The van der Waals surface area contributed by atoms with Gasteiger partial charge in [0, 0.05) is 24.7 Å². The fourth-order valence-electron chi connectivity index (χ4n) is 3.45. The summed E-state index contributed by atoms with van der Waals surface area (Å²) < 4.78 is 2.28. The summed E-state index contributed by atoms with van der Waals surface area (Å²) in [7, 11) is 4.36. The highest BCUT2D eigenvalue weighted by Crippen LogP contribution is 2.26. The first kappa shape index (κ1) is 15.2. The van der Waals surface area contributed by atoms with Gasteiger partial charge in [0.25, 0.3) is 0 Å². The van der Waals surface area contributed by atoms with Gasteiger partial charge < -0.3 is 9.47 Å². The van der Waals surface area contributed by atoms with E-state index in [-0.39, 0.29) is 0 Å². The van der Waals surface area contributed by atoms with Crippen molar-refractivity contribution in [2.45, 2.75) is 33.1 Å². The van der Waals surface area contributed by atoms with E-state index in [1.807, 2.05) is 13.1 Å². The van der Waals surface area contributed by atoms with Crippen molar-refractivity contribution in [3.05, 3.63) is 29.4 Å². The molecular weight excluding hydrogens is 272 g/mol. The largest absolute Gasteiger partial charge is 0.331 e. The number of pyridine rings is 1. The standard InChI is InChI=1S/C18H26N4/c1-5-6-15-13(2)19-12-16-18(15)22(4)17(20-16)11-14-7-9-21(3)10-8-14/h5-6,12,14H,7-11H2,1-4H3/b6-5-. The predicted molar refractivity (Wildman–Crippen MR) is 91.9 cm³/mol. The Balaban J connectivity index is 1.94. The van der Waals surface area contributed by atoms with E-state index in [2.05, 4.69) is 47.6 Å². The van der Waals surface area contributed by atoms with E-state index in [1.165, 1.54) is 42.8 Å². The maximum Gasteiger partial charge on any atom is 0.109 e. The number of nitrogens with zero attached hydrogens (tertiary/aromatic N) is 4. The average molecular weight is 298 g/mol. The fourth-order valence-corrected chi connectivity index (χ4v) is 3.45. The molecule has 0 spiro atoms. The van der Waals surface area contributed by atoms with Gasteiger partial charge in [-0.3, -0.25) is 4.98 Å². The summed E-state index contributed by atoms with van der Waals surface area (Å²) in [6.07, 6.45) is 9.76. The van der Waals surface area contributed by atoms with Crippen LogP contribution in [0.2, 0.25) is 0 Å². The molecule has 0 aliphatic carbocycles. The average Bonchev–Trinajstić information content (AvgIpc) is 2.81. The number of aromatic nitrogens is 3. The number of fused-ring (bicyclic) bond motifs is 1. The van der Waals surface area contributed by atoms with Crippen molar-refractivity contribution >= 4 is 17.1 Å². The summed E-state index contributed by atoms with van der Waals surface area (Å²) in [6, 6.07) is 0. The van der Waals surface area contributed by atoms with Crippen molar-refractivity contribution in [1.29, 1.82) is 0 Å². The Bertz CT molecular complexity index is 691. The molecule has 4 heteroatoms. The van der Waals surface area contributed by atoms with Crippen LogP contribution in [0.1, 0.15) is 36.8 Å². The number of allylic oxidation sites excluding steroid dienone is 1.